The minimum atomic E-state index is 0.181. The van der Waals surface area contributed by atoms with E-state index in [0.29, 0.717) is 6.54 Å². The van der Waals surface area contributed by atoms with Crippen LogP contribution in [0.15, 0.2) is 37.0 Å². The van der Waals surface area contributed by atoms with Crippen molar-refractivity contribution in [3.05, 3.63) is 37.0 Å². The van der Waals surface area contributed by atoms with Gasteiger partial charge in [-0.3, -0.25) is 10.1 Å². The average molecular weight is 234 g/mol. The first-order chi connectivity index (χ1) is 8.22. The molecule has 0 radical (unpaired) electrons. The van der Waals surface area contributed by atoms with Crippen LogP contribution in [0.2, 0.25) is 0 Å². The third-order valence-corrected chi connectivity index (χ3v) is 2.99. The van der Waals surface area contributed by atoms with E-state index in [0.717, 1.165) is 31.5 Å². The Labute approximate surface area is 104 Å². The van der Waals surface area contributed by atoms with E-state index in [-0.39, 0.29) is 11.9 Å². The van der Waals surface area contributed by atoms with Crippen molar-refractivity contribution >= 4 is 5.91 Å². The topological polar surface area (TPSA) is 32.3 Å². The second-order valence-electron chi connectivity index (χ2n) is 4.23. The molecule has 1 saturated heterocycles. The summed E-state index contributed by atoms with van der Waals surface area (Å²) in [5, 5.41) is 3.23. The summed E-state index contributed by atoms with van der Waals surface area (Å²) in [5.41, 5.74) is 1.09. The maximum atomic E-state index is 11.7. The number of hydrogen-bond acceptors (Lipinski definition) is 2. The Morgan fingerprint density at radius 2 is 2.35 bits per heavy atom. The third kappa shape index (κ3) is 3.86. The second-order valence-corrected chi connectivity index (χ2v) is 4.23. The Hall–Kier alpha value is -1.35. The first-order valence-electron chi connectivity index (χ1n) is 6.19. The lowest BCUT2D eigenvalue weighted by molar-refractivity contribution is -0.132. The fourth-order valence-corrected chi connectivity index (χ4v) is 1.96. The van der Waals surface area contributed by atoms with Crippen molar-refractivity contribution in [2.45, 2.75) is 25.8 Å². The van der Waals surface area contributed by atoms with Gasteiger partial charge >= 0.3 is 0 Å². The number of piperazine rings is 1. The molecular weight excluding hydrogens is 212 g/mol. The van der Waals surface area contributed by atoms with Crippen LogP contribution >= 0.6 is 0 Å². The molecule has 1 rings (SSSR count). The molecule has 1 aliphatic rings. The van der Waals surface area contributed by atoms with Crippen molar-refractivity contribution in [1.82, 2.24) is 10.2 Å². The summed E-state index contributed by atoms with van der Waals surface area (Å²) in [5.74, 6) is 0.191. The highest BCUT2D eigenvalue weighted by atomic mass is 16.2. The van der Waals surface area contributed by atoms with Crippen LogP contribution in [0.25, 0.3) is 0 Å². The smallest absolute Gasteiger partial charge is 0.236 e. The van der Waals surface area contributed by atoms with Crippen LogP contribution < -0.4 is 5.32 Å². The largest absolute Gasteiger partial charge is 0.340 e. The predicted molar refractivity (Wildman–Crippen MR) is 71.8 cm³/mol. The van der Waals surface area contributed by atoms with Crippen molar-refractivity contribution in [2.24, 2.45) is 0 Å². The zero-order valence-electron chi connectivity index (χ0n) is 10.6. The molecule has 0 aliphatic carbocycles. The van der Waals surface area contributed by atoms with Gasteiger partial charge in [-0.15, -0.1) is 0 Å². The number of carbonyl (C=O) groups excluding carboxylic acids is 1. The highest BCUT2D eigenvalue weighted by Gasteiger charge is 2.25. The van der Waals surface area contributed by atoms with Crippen LogP contribution in [0.4, 0.5) is 0 Å². The first kappa shape index (κ1) is 13.7. The van der Waals surface area contributed by atoms with Crippen molar-refractivity contribution in [3.63, 3.8) is 0 Å². The minimum Gasteiger partial charge on any atom is -0.340 e. The van der Waals surface area contributed by atoms with Gasteiger partial charge in [0.1, 0.15) is 0 Å². The lowest BCUT2D eigenvalue weighted by Gasteiger charge is -2.34. The number of hydrogen-bond donors (Lipinski definition) is 1. The number of nitrogens with one attached hydrogen (secondary N) is 1. The van der Waals surface area contributed by atoms with Gasteiger partial charge in [-0.1, -0.05) is 44.7 Å². The molecule has 1 atom stereocenters. The van der Waals surface area contributed by atoms with E-state index in [2.05, 4.69) is 25.4 Å². The van der Waals surface area contributed by atoms with E-state index in [1.54, 1.807) is 6.08 Å². The number of allylic oxidation sites excluding steroid dienone is 2. The van der Waals surface area contributed by atoms with Gasteiger partial charge in [0.15, 0.2) is 0 Å². The van der Waals surface area contributed by atoms with Gasteiger partial charge in [-0.2, -0.15) is 0 Å². The molecule has 3 heteroatoms. The molecule has 1 N–H and O–H groups in total. The molecule has 0 aromatic carbocycles. The van der Waals surface area contributed by atoms with Gasteiger partial charge in [0.05, 0.1) is 12.6 Å². The number of rotatable bonds is 6. The molecule has 0 spiro atoms. The van der Waals surface area contributed by atoms with E-state index < -0.39 is 0 Å². The molecule has 0 aromatic heterocycles. The number of nitrogens with zero attached hydrogens (tertiary/aromatic N) is 1. The zero-order valence-corrected chi connectivity index (χ0v) is 10.6. The quantitative estimate of drug-likeness (QED) is 0.712. The molecule has 1 heterocycles. The Kier molecular flexibility index (Phi) is 5.70. The lowest BCUT2D eigenvalue weighted by atomic mass is 10.0. The molecule has 1 unspecified atom stereocenters. The van der Waals surface area contributed by atoms with Gasteiger partial charge in [0.25, 0.3) is 0 Å². The van der Waals surface area contributed by atoms with Crippen molar-refractivity contribution in [2.75, 3.05) is 19.6 Å². The van der Waals surface area contributed by atoms with E-state index in [1.807, 2.05) is 17.1 Å². The molecule has 1 amide bonds. The lowest BCUT2D eigenvalue weighted by Crippen LogP contribution is -2.54. The van der Waals surface area contributed by atoms with Crippen molar-refractivity contribution in [3.8, 4) is 0 Å². The number of amides is 1. The Morgan fingerprint density at radius 3 is 2.94 bits per heavy atom. The van der Waals surface area contributed by atoms with Crippen molar-refractivity contribution < 1.29 is 4.79 Å². The summed E-state index contributed by atoms with van der Waals surface area (Å²) in [7, 11) is 0. The van der Waals surface area contributed by atoms with Gasteiger partial charge < -0.3 is 4.90 Å². The van der Waals surface area contributed by atoms with Crippen molar-refractivity contribution in [1.29, 1.82) is 0 Å². The standard InChI is InChI=1S/C14H22N2O/c1-4-7-9-16-11-13(15-10-14(16)17)12(6-3)8-5-2/h5-6,8,13,15H,2-4,7,9-11H2,1H3/b12-8+. The highest BCUT2D eigenvalue weighted by molar-refractivity contribution is 5.79. The molecule has 0 aromatic rings. The predicted octanol–water partition coefficient (Wildman–Crippen LogP) is 1.89. The summed E-state index contributed by atoms with van der Waals surface area (Å²) in [6.07, 6.45) is 7.70. The van der Waals surface area contributed by atoms with E-state index in [1.165, 1.54) is 0 Å². The summed E-state index contributed by atoms with van der Waals surface area (Å²) in [6.45, 7) is 11.6. The Bertz CT molecular complexity index is 320. The molecule has 1 fully saturated rings. The monoisotopic (exact) mass is 234 g/mol. The molecule has 94 valence electrons. The molecular formula is C14H22N2O. The Morgan fingerprint density at radius 1 is 1.59 bits per heavy atom. The van der Waals surface area contributed by atoms with E-state index in [4.69, 9.17) is 0 Å². The Balaban J connectivity index is 2.65. The van der Waals surface area contributed by atoms with Gasteiger partial charge in [0, 0.05) is 13.1 Å². The van der Waals surface area contributed by atoms with Gasteiger partial charge in [-0.25, -0.2) is 0 Å². The molecule has 1 aliphatic heterocycles. The summed E-state index contributed by atoms with van der Waals surface area (Å²) >= 11 is 0. The van der Waals surface area contributed by atoms with Crippen LogP contribution in [0.3, 0.4) is 0 Å². The summed E-state index contributed by atoms with van der Waals surface area (Å²) < 4.78 is 0. The zero-order chi connectivity index (χ0) is 12.7. The maximum absolute atomic E-state index is 11.7. The number of carbonyl (C=O) groups is 1. The second kappa shape index (κ2) is 7.07. The summed E-state index contributed by atoms with van der Waals surface area (Å²) in [4.78, 5) is 13.6. The fourth-order valence-electron chi connectivity index (χ4n) is 1.96. The number of unbranched alkanes of at least 4 members (excludes halogenated alkanes) is 1. The average Bonchev–Trinajstić information content (AvgIpc) is 2.35. The molecule has 3 nitrogen and oxygen atoms in total. The van der Waals surface area contributed by atoms with Crippen LogP contribution in [-0.2, 0) is 4.79 Å². The first-order valence-corrected chi connectivity index (χ1v) is 6.19. The van der Waals surface area contributed by atoms with Crippen LogP contribution in [0.1, 0.15) is 19.8 Å². The molecule has 0 bridgehead atoms. The van der Waals surface area contributed by atoms with Crippen LogP contribution in [0.5, 0.6) is 0 Å². The van der Waals surface area contributed by atoms with Crippen LogP contribution in [-0.4, -0.2) is 36.5 Å². The fraction of sp³-hybridized carbons (Fsp3) is 0.500. The molecule has 17 heavy (non-hydrogen) atoms. The molecule has 0 saturated carbocycles. The van der Waals surface area contributed by atoms with E-state index in [9.17, 15) is 4.79 Å². The van der Waals surface area contributed by atoms with Gasteiger partial charge in [-0.05, 0) is 12.0 Å². The van der Waals surface area contributed by atoms with Crippen LogP contribution in [0, 0.1) is 0 Å². The minimum absolute atomic E-state index is 0.181. The summed E-state index contributed by atoms with van der Waals surface area (Å²) in [6, 6.07) is 0.181. The third-order valence-electron chi connectivity index (χ3n) is 2.99. The van der Waals surface area contributed by atoms with E-state index >= 15 is 0 Å². The normalized spacial score (nSPS) is 21.5. The highest BCUT2D eigenvalue weighted by Crippen LogP contribution is 2.11. The maximum Gasteiger partial charge on any atom is 0.236 e. The van der Waals surface area contributed by atoms with Gasteiger partial charge in [0.2, 0.25) is 5.91 Å². The SMILES string of the molecule is C=C/C=C(\C=C)C1CN(CCCC)C(=O)CN1.